The molecule has 21 heavy (non-hydrogen) atoms. The van der Waals surface area contributed by atoms with Crippen LogP contribution in [-0.4, -0.2) is 7.05 Å². The zero-order chi connectivity index (χ0) is 15.2. The quantitative estimate of drug-likeness (QED) is 0.839. The summed E-state index contributed by atoms with van der Waals surface area (Å²) in [7, 11) is 2.00. The Morgan fingerprint density at radius 1 is 1.10 bits per heavy atom. The first-order valence-electron chi connectivity index (χ1n) is 7.60. The van der Waals surface area contributed by atoms with Crippen LogP contribution in [0.25, 0.3) is 0 Å². The van der Waals surface area contributed by atoms with Gasteiger partial charge in [-0.15, -0.1) is 0 Å². The van der Waals surface area contributed by atoms with Gasteiger partial charge in [-0.05, 0) is 44.5 Å². The molecular formula is C19H25NO. The molecule has 0 saturated heterocycles. The second kappa shape index (κ2) is 7.28. The highest BCUT2D eigenvalue weighted by atomic mass is 16.5. The van der Waals surface area contributed by atoms with Gasteiger partial charge < -0.3 is 10.1 Å². The van der Waals surface area contributed by atoms with E-state index < -0.39 is 0 Å². The molecule has 2 heteroatoms. The zero-order valence-corrected chi connectivity index (χ0v) is 13.4. The summed E-state index contributed by atoms with van der Waals surface area (Å²) in [5, 5.41) is 3.35. The molecular weight excluding hydrogens is 258 g/mol. The average Bonchev–Trinajstić information content (AvgIpc) is 2.50. The summed E-state index contributed by atoms with van der Waals surface area (Å²) in [5.74, 6) is 0.972. The molecule has 0 saturated carbocycles. The molecule has 112 valence electrons. The van der Waals surface area contributed by atoms with E-state index in [2.05, 4.69) is 62.5 Å². The summed E-state index contributed by atoms with van der Waals surface area (Å²) in [5.41, 5.74) is 5.03. The summed E-state index contributed by atoms with van der Waals surface area (Å²) in [4.78, 5) is 0. The molecule has 2 aromatic carbocycles. The zero-order valence-electron chi connectivity index (χ0n) is 13.4. The number of benzene rings is 2. The minimum Gasteiger partial charge on any atom is -0.489 e. The fourth-order valence-electron chi connectivity index (χ4n) is 2.59. The van der Waals surface area contributed by atoms with E-state index in [0.29, 0.717) is 12.6 Å². The van der Waals surface area contributed by atoms with Crippen molar-refractivity contribution >= 4 is 0 Å². The summed E-state index contributed by atoms with van der Waals surface area (Å²) < 4.78 is 6.10. The molecule has 1 unspecified atom stereocenters. The third-order valence-electron chi connectivity index (χ3n) is 3.94. The van der Waals surface area contributed by atoms with Gasteiger partial charge >= 0.3 is 0 Å². The Morgan fingerprint density at radius 3 is 2.57 bits per heavy atom. The van der Waals surface area contributed by atoms with Crippen molar-refractivity contribution < 1.29 is 4.74 Å². The second-order valence-electron chi connectivity index (χ2n) is 5.51. The lowest BCUT2D eigenvalue weighted by Gasteiger charge is -2.19. The maximum Gasteiger partial charge on any atom is 0.124 e. The van der Waals surface area contributed by atoms with E-state index in [4.69, 9.17) is 4.74 Å². The largest absolute Gasteiger partial charge is 0.489 e. The molecule has 0 aliphatic rings. The van der Waals surface area contributed by atoms with Crippen LogP contribution >= 0.6 is 0 Å². The van der Waals surface area contributed by atoms with Gasteiger partial charge in [0.1, 0.15) is 12.4 Å². The van der Waals surface area contributed by atoms with Crippen LogP contribution in [0.4, 0.5) is 0 Å². The number of nitrogens with one attached hydrogen (secondary N) is 1. The van der Waals surface area contributed by atoms with Crippen molar-refractivity contribution in [1.29, 1.82) is 0 Å². The van der Waals surface area contributed by atoms with Crippen molar-refractivity contribution in [1.82, 2.24) is 5.32 Å². The van der Waals surface area contributed by atoms with Crippen LogP contribution in [0.5, 0.6) is 5.75 Å². The van der Waals surface area contributed by atoms with Crippen molar-refractivity contribution in [2.24, 2.45) is 0 Å². The number of para-hydroxylation sites is 1. The van der Waals surface area contributed by atoms with Crippen molar-refractivity contribution in [3.05, 3.63) is 64.7 Å². The minimum absolute atomic E-state index is 0.333. The Bertz CT molecular complexity index is 588. The fraction of sp³-hybridized carbons (Fsp3) is 0.368. The lowest BCUT2D eigenvalue weighted by molar-refractivity contribution is 0.298. The molecule has 0 aliphatic heterocycles. The molecule has 0 amide bonds. The molecule has 2 nitrogen and oxygen atoms in total. The first-order chi connectivity index (χ1) is 10.2. The monoisotopic (exact) mass is 283 g/mol. The predicted octanol–water partition coefficient (Wildman–Crippen LogP) is 4.55. The summed E-state index contributed by atoms with van der Waals surface area (Å²) >= 11 is 0. The topological polar surface area (TPSA) is 21.3 Å². The van der Waals surface area contributed by atoms with Crippen LogP contribution in [0.3, 0.4) is 0 Å². The first kappa shape index (κ1) is 15.6. The standard InChI is InChI=1S/C19H25NO/c1-5-18(20-4)17-8-6-7-9-19(17)21-13-16-12-14(2)10-11-15(16)3/h6-12,18,20H,5,13H2,1-4H3. The van der Waals surface area contributed by atoms with E-state index in [1.807, 2.05) is 13.1 Å². The maximum absolute atomic E-state index is 6.10. The summed E-state index contributed by atoms with van der Waals surface area (Å²) in [6.45, 7) is 7.05. The van der Waals surface area contributed by atoms with Crippen LogP contribution in [0, 0.1) is 13.8 Å². The van der Waals surface area contributed by atoms with Crippen LogP contribution in [0.1, 0.15) is 41.6 Å². The highest BCUT2D eigenvalue weighted by Gasteiger charge is 2.12. The van der Waals surface area contributed by atoms with E-state index >= 15 is 0 Å². The Labute approximate surface area is 128 Å². The summed E-state index contributed by atoms with van der Waals surface area (Å²) in [6, 6.07) is 15.1. The maximum atomic E-state index is 6.10. The van der Waals surface area contributed by atoms with Gasteiger partial charge in [-0.2, -0.15) is 0 Å². The highest BCUT2D eigenvalue weighted by Crippen LogP contribution is 2.27. The van der Waals surface area contributed by atoms with Gasteiger partial charge in [-0.3, -0.25) is 0 Å². The molecule has 0 aliphatic carbocycles. The molecule has 0 heterocycles. The lowest BCUT2D eigenvalue weighted by atomic mass is 10.0. The van der Waals surface area contributed by atoms with Gasteiger partial charge in [0.2, 0.25) is 0 Å². The molecule has 0 spiro atoms. The molecule has 0 bridgehead atoms. The molecule has 0 fully saturated rings. The van der Waals surface area contributed by atoms with Crippen molar-refractivity contribution in [3.63, 3.8) is 0 Å². The van der Waals surface area contributed by atoms with Crippen LogP contribution in [0.15, 0.2) is 42.5 Å². The van der Waals surface area contributed by atoms with Crippen molar-refractivity contribution in [2.75, 3.05) is 7.05 Å². The van der Waals surface area contributed by atoms with Gasteiger partial charge in [-0.25, -0.2) is 0 Å². The Morgan fingerprint density at radius 2 is 1.86 bits per heavy atom. The molecule has 1 atom stereocenters. The molecule has 2 rings (SSSR count). The fourth-order valence-corrected chi connectivity index (χ4v) is 2.59. The third kappa shape index (κ3) is 3.85. The Hall–Kier alpha value is -1.80. The molecule has 0 radical (unpaired) electrons. The van der Waals surface area contributed by atoms with Gasteiger partial charge in [0.25, 0.3) is 0 Å². The number of rotatable bonds is 6. The minimum atomic E-state index is 0.333. The predicted molar refractivity (Wildman–Crippen MR) is 88.8 cm³/mol. The first-order valence-corrected chi connectivity index (χ1v) is 7.60. The second-order valence-corrected chi connectivity index (χ2v) is 5.51. The van der Waals surface area contributed by atoms with Crippen LogP contribution in [-0.2, 0) is 6.61 Å². The van der Waals surface area contributed by atoms with Gasteiger partial charge in [0.05, 0.1) is 0 Å². The number of aryl methyl sites for hydroxylation is 2. The highest BCUT2D eigenvalue weighted by molar-refractivity contribution is 5.37. The van der Waals surface area contributed by atoms with Gasteiger partial charge in [-0.1, -0.05) is 48.9 Å². The Balaban J connectivity index is 2.18. The van der Waals surface area contributed by atoms with Gasteiger partial charge in [0, 0.05) is 11.6 Å². The molecule has 0 aromatic heterocycles. The van der Waals surface area contributed by atoms with E-state index in [-0.39, 0.29) is 0 Å². The van der Waals surface area contributed by atoms with E-state index in [1.165, 1.54) is 22.3 Å². The third-order valence-corrected chi connectivity index (χ3v) is 3.94. The molecule has 2 aromatic rings. The number of ether oxygens (including phenoxy) is 1. The van der Waals surface area contributed by atoms with Crippen molar-refractivity contribution in [2.45, 2.75) is 39.8 Å². The van der Waals surface area contributed by atoms with E-state index in [0.717, 1.165) is 12.2 Å². The number of hydrogen-bond donors (Lipinski definition) is 1. The SMILES string of the molecule is CCC(NC)c1ccccc1OCc1cc(C)ccc1C. The molecule has 1 N–H and O–H groups in total. The van der Waals surface area contributed by atoms with E-state index in [9.17, 15) is 0 Å². The number of hydrogen-bond acceptors (Lipinski definition) is 2. The normalized spacial score (nSPS) is 12.2. The van der Waals surface area contributed by atoms with Gasteiger partial charge in [0.15, 0.2) is 0 Å². The van der Waals surface area contributed by atoms with Crippen molar-refractivity contribution in [3.8, 4) is 5.75 Å². The lowest BCUT2D eigenvalue weighted by Crippen LogP contribution is -2.16. The smallest absolute Gasteiger partial charge is 0.124 e. The van der Waals surface area contributed by atoms with Crippen LogP contribution < -0.4 is 10.1 Å². The van der Waals surface area contributed by atoms with E-state index in [1.54, 1.807) is 0 Å². The Kier molecular flexibility index (Phi) is 5.40. The summed E-state index contributed by atoms with van der Waals surface area (Å²) in [6.07, 6.45) is 1.04. The van der Waals surface area contributed by atoms with Crippen LogP contribution in [0.2, 0.25) is 0 Å². The average molecular weight is 283 g/mol.